The van der Waals surface area contributed by atoms with E-state index in [1.165, 1.54) is 39.9 Å². The smallest absolute Gasteiger partial charge is 0.406 e. The SMILES string of the molecule is Br.O=S(=O)(c1ccc(-c2csc(=Nc3ccc(OC(F)(F)F)cc3)n2CCc2ccccc2)cc1)N1CCOCC1. The topological polar surface area (TPSA) is 73.1 Å². The maximum absolute atomic E-state index is 13.1. The minimum atomic E-state index is -4.77. The molecule has 0 N–H and O–H groups in total. The van der Waals surface area contributed by atoms with Crippen LogP contribution in [0.3, 0.4) is 0 Å². The molecule has 0 bridgehead atoms. The maximum atomic E-state index is 13.1. The lowest BCUT2D eigenvalue weighted by Gasteiger charge is -2.26. The van der Waals surface area contributed by atoms with Gasteiger partial charge in [0.1, 0.15) is 5.75 Å². The fourth-order valence-electron chi connectivity index (χ4n) is 4.32. The zero-order chi connectivity index (χ0) is 28.2. The molecule has 2 heterocycles. The van der Waals surface area contributed by atoms with Gasteiger partial charge in [-0.25, -0.2) is 13.4 Å². The predicted molar refractivity (Wildman–Crippen MR) is 156 cm³/mol. The van der Waals surface area contributed by atoms with Crippen LogP contribution in [-0.4, -0.2) is 50.0 Å². The molecule has 0 atom stereocenters. The van der Waals surface area contributed by atoms with E-state index in [9.17, 15) is 21.6 Å². The van der Waals surface area contributed by atoms with Gasteiger partial charge in [-0.3, -0.25) is 0 Å². The van der Waals surface area contributed by atoms with E-state index in [-0.39, 0.29) is 27.6 Å². The number of morpholine rings is 1. The first kappa shape index (κ1) is 31.0. The van der Waals surface area contributed by atoms with E-state index in [1.807, 2.05) is 40.3 Å². The van der Waals surface area contributed by atoms with Crippen LogP contribution in [0.25, 0.3) is 11.3 Å². The van der Waals surface area contributed by atoms with Gasteiger partial charge in [-0.05, 0) is 53.9 Å². The molecule has 0 spiro atoms. The number of thiazole rings is 1. The summed E-state index contributed by atoms with van der Waals surface area (Å²) in [7, 11) is -3.62. The standard InChI is InChI=1S/C28H26F3N3O4S2.BrH/c29-28(30,31)38-24-10-8-23(9-11-24)32-27-34(15-14-21-4-2-1-3-5-21)26(20-39-27)22-6-12-25(13-7-22)40(35,36)33-16-18-37-19-17-33;/h1-13,20H,14-19H2;1H. The Balaban J connectivity index is 0.00000387. The molecular formula is C28H27BrF3N3O4S2. The van der Waals surface area contributed by atoms with Crippen molar-refractivity contribution in [1.29, 1.82) is 0 Å². The van der Waals surface area contributed by atoms with Crippen molar-refractivity contribution >= 4 is 44.0 Å². The first-order chi connectivity index (χ1) is 19.2. The van der Waals surface area contributed by atoms with E-state index in [2.05, 4.69) is 9.73 Å². The van der Waals surface area contributed by atoms with Crippen molar-refractivity contribution in [3.8, 4) is 17.0 Å². The Labute approximate surface area is 250 Å². The van der Waals surface area contributed by atoms with Gasteiger partial charge in [0.05, 0.1) is 29.5 Å². The molecule has 1 saturated heterocycles. The van der Waals surface area contributed by atoms with Crippen LogP contribution >= 0.6 is 28.3 Å². The van der Waals surface area contributed by atoms with Gasteiger partial charge in [0.15, 0.2) is 4.80 Å². The van der Waals surface area contributed by atoms with Crippen molar-refractivity contribution in [2.24, 2.45) is 4.99 Å². The van der Waals surface area contributed by atoms with Crippen molar-refractivity contribution in [1.82, 2.24) is 8.87 Å². The van der Waals surface area contributed by atoms with E-state index in [4.69, 9.17) is 4.74 Å². The van der Waals surface area contributed by atoms with E-state index in [0.717, 1.165) is 23.2 Å². The first-order valence-electron chi connectivity index (χ1n) is 12.5. The summed E-state index contributed by atoms with van der Waals surface area (Å²) in [6.45, 7) is 1.98. The van der Waals surface area contributed by atoms with Gasteiger partial charge < -0.3 is 14.0 Å². The highest BCUT2D eigenvalue weighted by atomic mass is 79.9. The third kappa shape index (κ3) is 7.86. The van der Waals surface area contributed by atoms with Gasteiger partial charge in [-0.2, -0.15) is 4.31 Å². The summed E-state index contributed by atoms with van der Waals surface area (Å²) in [6.07, 6.45) is -4.04. The van der Waals surface area contributed by atoms with Gasteiger partial charge in [0.25, 0.3) is 0 Å². The normalized spacial score (nSPS) is 15.0. The van der Waals surface area contributed by atoms with E-state index in [0.29, 0.717) is 43.3 Å². The highest BCUT2D eigenvalue weighted by Gasteiger charge is 2.31. The van der Waals surface area contributed by atoms with Crippen molar-refractivity contribution < 1.29 is 31.1 Å². The fourth-order valence-corrected chi connectivity index (χ4v) is 6.68. The van der Waals surface area contributed by atoms with Crippen LogP contribution in [0.1, 0.15) is 5.56 Å². The number of benzene rings is 3. The molecule has 0 radical (unpaired) electrons. The van der Waals surface area contributed by atoms with Crippen LogP contribution in [0.15, 0.2) is 94.1 Å². The summed E-state index contributed by atoms with van der Waals surface area (Å²) in [5, 5.41) is 1.94. The second-order valence-electron chi connectivity index (χ2n) is 8.99. The zero-order valence-corrected chi connectivity index (χ0v) is 25.0. The predicted octanol–water partition coefficient (Wildman–Crippen LogP) is 6.19. The number of ether oxygens (including phenoxy) is 2. The minimum Gasteiger partial charge on any atom is -0.406 e. The summed E-state index contributed by atoms with van der Waals surface area (Å²) in [5.41, 5.74) is 3.29. The molecule has 0 unspecified atom stereocenters. The summed E-state index contributed by atoms with van der Waals surface area (Å²) < 4.78 is 76.4. The lowest BCUT2D eigenvalue weighted by atomic mass is 10.1. The van der Waals surface area contributed by atoms with Crippen LogP contribution in [-0.2, 0) is 27.7 Å². The number of alkyl halides is 3. The maximum Gasteiger partial charge on any atom is 0.573 e. The molecule has 1 aliphatic heterocycles. The number of rotatable bonds is 8. The van der Waals surface area contributed by atoms with E-state index in [1.54, 1.807) is 24.3 Å². The lowest BCUT2D eigenvalue weighted by molar-refractivity contribution is -0.274. The van der Waals surface area contributed by atoms with E-state index < -0.39 is 16.4 Å². The van der Waals surface area contributed by atoms with Gasteiger partial charge in [-0.1, -0.05) is 42.5 Å². The zero-order valence-electron chi connectivity index (χ0n) is 21.7. The van der Waals surface area contributed by atoms with Crippen LogP contribution < -0.4 is 9.54 Å². The minimum absolute atomic E-state index is 0. The largest absolute Gasteiger partial charge is 0.573 e. The number of halogens is 4. The van der Waals surface area contributed by atoms with Gasteiger partial charge in [0.2, 0.25) is 10.0 Å². The van der Waals surface area contributed by atoms with Crippen LogP contribution in [0, 0.1) is 0 Å². The third-order valence-electron chi connectivity index (χ3n) is 6.32. The van der Waals surface area contributed by atoms with Crippen molar-refractivity contribution in [2.45, 2.75) is 24.2 Å². The lowest BCUT2D eigenvalue weighted by Crippen LogP contribution is -2.40. The molecule has 1 aliphatic rings. The number of hydrogen-bond donors (Lipinski definition) is 0. The van der Waals surface area contributed by atoms with Gasteiger partial charge in [-0.15, -0.1) is 41.5 Å². The monoisotopic (exact) mass is 669 g/mol. The molecular weight excluding hydrogens is 643 g/mol. The van der Waals surface area contributed by atoms with Gasteiger partial charge in [0, 0.05) is 25.0 Å². The fraction of sp³-hybridized carbons (Fsp3) is 0.250. The first-order valence-corrected chi connectivity index (χ1v) is 14.8. The summed E-state index contributed by atoms with van der Waals surface area (Å²) in [4.78, 5) is 5.56. The number of nitrogens with zero attached hydrogens (tertiary/aromatic N) is 3. The molecule has 13 heteroatoms. The molecule has 1 aromatic heterocycles. The molecule has 41 heavy (non-hydrogen) atoms. The Kier molecular flexibility index (Phi) is 10.1. The average Bonchev–Trinajstić information content (AvgIpc) is 3.35. The van der Waals surface area contributed by atoms with E-state index >= 15 is 0 Å². The molecule has 5 rings (SSSR count). The molecule has 4 aromatic rings. The molecule has 0 aliphatic carbocycles. The summed E-state index contributed by atoms with van der Waals surface area (Å²) in [6, 6.07) is 22.1. The molecule has 218 valence electrons. The second-order valence-corrected chi connectivity index (χ2v) is 11.8. The highest BCUT2D eigenvalue weighted by Crippen LogP contribution is 2.27. The number of aryl methyl sites for hydroxylation is 1. The summed E-state index contributed by atoms with van der Waals surface area (Å²) >= 11 is 1.39. The Morgan fingerprint density at radius 1 is 0.927 bits per heavy atom. The van der Waals surface area contributed by atoms with Crippen LogP contribution in [0.2, 0.25) is 0 Å². The number of aromatic nitrogens is 1. The van der Waals surface area contributed by atoms with Crippen molar-refractivity contribution in [3.63, 3.8) is 0 Å². The molecule has 3 aromatic carbocycles. The van der Waals surface area contributed by atoms with Crippen molar-refractivity contribution in [2.75, 3.05) is 26.3 Å². The Hall–Kier alpha value is -2.97. The van der Waals surface area contributed by atoms with Crippen LogP contribution in [0.5, 0.6) is 5.75 Å². The Morgan fingerprint density at radius 2 is 1.59 bits per heavy atom. The van der Waals surface area contributed by atoms with Gasteiger partial charge >= 0.3 is 6.36 Å². The highest BCUT2D eigenvalue weighted by molar-refractivity contribution is 8.93. The Morgan fingerprint density at radius 3 is 2.22 bits per heavy atom. The summed E-state index contributed by atoms with van der Waals surface area (Å²) in [5.74, 6) is -0.317. The molecule has 7 nitrogen and oxygen atoms in total. The molecule has 1 fully saturated rings. The second kappa shape index (κ2) is 13.3. The van der Waals surface area contributed by atoms with Crippen molar-refractivity contribution in [3.05, 3.63) is 94.6 Å². The quantitative estimate of drug-likeness (QED) is 0.224. The Bertz CT molecular complexity index is 1600. The van der Waals surface area contributed by atoms with Crippen LogP contribution in [0.4, 0.5) is 18.9 Å². The molecule has 0 amide bonds. The molecule has 0 saturated carbocycles. The average molecular weight is 671 g/mol. The number of hydrogen-bond acceptors (Lipinski definition) is 6. The number of sulfonamides is 1. The third-order valence-corrected chi connectivity index (χ3v) is 9.09.